The summed E-state index contributed by atoms with van der Waals surface area (Å²) in [6.45, 7) is 2.23. The first-order valence-corrected chi connectivity index (χ1v) is 5.88. The predicted octanol–water partition coefficient (Wildman–Crippen LogP) is 2.22. The zero-order valence-corrected chi connectivity index (χ0v) is 9.32. The Kier molecular flexibility index (Phi) is 3.39. The van der Waals surface area contributed by atoms with E-state index >= 15 is 0 Å². The second-order valence-electron chi connectivity index (χ2n) is 4.40. The van der Waals surface area contributed by atoms with Gasteiger partial charge in [0.1, 0.15) is 0 Å². The van der Waals surface area contributed by atoms with Crippen LogP contribution in [0.4, 0.5) is 0 Å². The molecule has 0 aromatic heterocycles. The van der Waals surface area contributed by atoms with Crippen LogP contribution < -0.4 is 11.1 Å². The van der Waals surface area contributed by atoms with Crippen molar-refractivity contribution in [2.45, 2.75) is 44.3 Å². The fourth-order valence-electron chi connectivity index (χ4n) is 2.35. The minimum absolute atomic E-state index is 0.259. The fraction of sp³-hybridized carbons (Fsp3) is 0.538. The second-order valence-corrected chi connectivity index (χ2v) is 4.40. The topological polar surface area (TPSA) is 38.0 Å². The molecule has 1 aromatic carbocycles. The van der Waals surface area contributed by atoms with E-state index in [2.05, 4.69) is 42.6 Å². The monoisotopic (exact) mass is 204 g/mol. The van der Waals surface area contributed by atoms with Gasteiger partial charge in [-0.2, -0.15) is 0 Å². The molecule has 2 heteroatoms. The van der Waals surface area contributed by atoms with Gasteiger partial charge in [-0.15, -0.1) is 0 Å². The molecular formula is C13H20N2. The van der Waals surface area contributed by atoms with Crippen LogP contribution in [0.1, 0.15) is 37.8 Å². The van der Waals surface area contributed by atoms with Crippen molar-refractivity contribution in [1.82, 2.24) is 5.32 Å². The summed E-state index contributed by atoms with van der Waals surface area (Å²) in [4.78, 5) is 0. The van der Waals surface area contributed by atoms with Crippen molar-refractivity contribution in [2.75, 3.05) is 0 Å². The lowest BCUT2D eigenvalue weighted by Gasteiger charge is -2.35. The molecule has 1 aromatic rings. The van der Waals surface area contributed by atoms with E-state index in [4.69, 9.17) is 5.73 Å². The highest BCUT2D eigenvalue weighted by molar-refractivity contribution is 5.21. The molecule has 0 radical (unpaired) electrons. The van der Waals surface area contributed by atoms with Gasteiger partial charge in [0.25, 0.3) is 0 Å². The quantitative estimate of drug-likeness (QED) is 0.775. The minimum atomic E-state index is 0.259. The van der Waals surface area contributed by atoms with Crippen LogP contribution in [-0.2, 0) is 0 Å². The molecule has 0 bridgehead atoms. The molecule has 1 aliphatic rings. The number of nitrogens with two attached hydrogens (primary N) is 1. The van der Waals surface area contributed by atoms with Crippen LogP contribution in [0, 0.1) is 0 Å². The van der Waals surface area contributed by atoms with Crippen LogP contribution in [0.2, 0.25) is 0 Å². The summed E-state index contributed by atoms with van der Waals surface area (Å²) in [5.41, 5.74) is 7.49. The Bertz CT molecular complexity index is 297. The Morgan fingerprint density at radius 3 is 2.67 bits per heavy atom. The number of piperidine rings is 1. The van der Waals surface area contributed by atoms with E-state index in [1.807, 2.05) is 0 Å². The fourth-order valence-corrected chi connectivity index (χ4v) is 2.35. The SMILES string of the molecule is CCC1CCC(N)C(c2ccccc2)N1. The van der Waals surface area contributed by atoms with Gasteiger partial charge < -0.3 is 11.1 Å². The van der Waals surface area contributed by atoms with Crippen molar-refractivity contribution in [3.8, 4) is 0 Å². The van der Waals surface area contributed by atoms with Gasteiger partial charge in [-0.3, -0.25) is 0 Å². The van der Waals surface area contributed by atoms with Gasteiger partial charge in [0.05, 0.1) is 0 Å². The van der Waals surface area contributed by atoms with Crippen molar-refractivity contribution in [3.05, 3.63) is 35.9 Å². The predicted molar refractivity (Wildman–Crippen MR) is 63.6 cm³/mol. The lowest BCUT2D eigenvalue weighted by atomic mass is 9.89. The molecule has 0 spiro atoms. The highest BCUT2D eigenvalue weighted by Crippen LogP contribution is 2.25. The number of hydrogen-bond acceptors (Lipinski definition) is 2. The van der Waals surface area contributed by atoms with Gasteiger partial charge >= 0.3 is 0 Å². The van der Waals surface area contributed by atoms with E-state index in [9.17, 15) is 0 Å². The van der Waals surface area contributed by atoms with Gasteiger partial charge in [0.2, 0.25) is 0 Å². The Hall–Kier alpha value is -0.860. The molecule has 1 fully saturated rings. The Morgan fingerprint density at radius 1 is 1.27 bits per heavy atom. The maximum absolute atomic E-state index is 6.17. The molecule has 1 saturated heterocycles. The smallest absolute Gasteiger partial charge is 0.0475 e. The third-order valence-electron chi connectivity index (χ3n) is 3.34. The first kappa shape index (κ1) is 10.7. The summed E-state index contributed by atoms with van der Waals surface area (Å²) in [5, 5.41) is 3.64. The lowest BCUT2D eigenvalue weighted by molar-refractivity contribution is 0.283. The molecule has 2 nitrogen and oxygen atoms in total. The van der Waals surface area contributed by atoms with Crippen LogP contribution in [0.25, 0.3) is 0 Å². The lowest BCUT2D eigenvalue weighted by Crippen LogP contribution is -2.47. The molecule has 82 valence electrons. The summed E-state index contributed by atoms with van der Waals surface area (Å²) >= 11 is 0. The number of nitrogens with one attached hydrogen (secondary N) is 1. The molecule has 3 unspecified atom stereocenters. The zero-order valence-electron chi connectivity index (χ0n) is 9.32. The third kappa shape index (κ3) is 2.39. The van der Waals surface area contributed by atoms with Crippen molar-refractivity contribution < 1.29 is 0 Å². The second kappa shape index (κ2) is 4.77. The Morgan fingerprint density at radius 2 is 2.00 bits per heavy atom. The van der Waals surface area contributed by atoms with Crippen molar-refractivity contribution >= 4 is 0 Å². The highest BCUT2D eigenvalue weighted by atomic mass is 15.0. The van der Waals surface area contributed by atoms with E-state index in [0.29, 0.717) is 12.1 Å². The van der Waals surface area contributed by atoms with E-state index in [-0.39, 0.29) is 6.04 Å². The van der Waals surface area contributed by atoms with Gasteiger partial charge in [0.15, 0.2) is 0 Å². The number of rotatable bonds is 2. The first-order valence-electron chi connectivity index (χ1n) is 5.88. The summed E-state index contributed by atoms with van der Waals surface area (Å²) in [7, 11) is 0. The van der Waals surface area contributed by atoms with Gasteiger partial charge in [-0.25, -0.2) is 0 Å². The van der Waals surface area contributed by atoms with Crippen LogP contribution >= 0.6 is 0 Å². The first-order chi connectivity index (χ1) is 7.31. The van der Waals surface area contributed by atoms with E-state index in [0.717, 1.165) is 6.42 Å². The van der Waals surface area contributed by atoms with Gasteiger partial charge in [-0.05, 0) is 24.8 Å². The summed E-state index contributed by atoms with van der Waals surface area (Å²) in [5.74, 6) is 0. The summed E-state index contributed by atoms with van der Waals surface area (Å²) in [6, 6.07) is 11.8. The van der Waals surface area contributed by atoms with E-state index in [1.165, 1.54) is 18.4 Å². The van der Waals surface area contributed by atoms with Crippen molar-refractivity contribution in [3.63, 3.8) is 0 Å². The molecule has 1 aliphatic heterocycles. The highest BCUT2D eigenvalue weighted by Gasteiger charge is 2.27. The van der Waals surface area contributed by atoms with Crippen LogP contribution in [0.15, 0.2) is 30.3 Å². The van der Waals surface area contributed by atoms with Crippen LogP contribution in [-0.4, -0.2) is 12.1 Å². The molecule has 3 atom stereocenters. The zero-order chi connectivity index (χ0) is 10.7. The minimum Gasteiger partial charge on any atom is -0.326 e. The normalized spacial score (nSPS) is 31.5. The third-order valence-corrected chi connectivity index (χ3v) is 3.34. The molecule has 1 heterocycles. The maximum Gasteiger partial charge on any atom is 0.0475 e. The summed E-state index contributed by atoms with van der Waals surface area (Å²) in [6.07, 6.45) is 3.53. The van der Waals surface area contributed by atoms with Gasteiger partial charge in [-0.1, -0.05) is 37.3 Å². The molecule has 0 amide bonds. The molecular weight excluding hydrogens is 184 g/mol. The van der Waals surface area contributed by atoms with Crippen LogP contribution in [0.3, 0.4) is 0 Å². The molecule has 15 heavy (non-hydrogen) atoms. The number of benzene rings is 1. The average molecular weight is 204 g/mol. The summed E-state index contributed by atoms with van der Waals surface area (Å²) < 4.78 is 0. The molecule has 0 saturated carbocycles. The molecule has 0 aliphatic carbocycles. The van der Waals surface area contributed by atoms with Gasteiger partial charge in [0, 0.05) is 18.1 Å². The van der Waals surface area contributed by atoms with E-state index in [1.54, 1.807) is 0 Å². The number of hydrogen-bond donors (Lipinski definition) is 2. The van der Waals surface area contributed by atoms with Crippen LogP contribution in [0.5, 0.6) is 0 Å². The maximum atomic E-state index is 6.17. The standard InChI is InChI=1S/C13H20N2/c1-2-11-8-9-12(14)13(15-11)10-6-4-3-5-7-10/h3-7,11-13,15H,2,8-9,14H2,1H3. The van der Waals surface area contributed by atoms with Crippen molar-refractivity contribution in [2.24, 2.45) is 5.73 Å². The largest absolute Gasteiger partial charge is 0.326 e. The van der Waals surface area contributed by atoms with Crippen molar-refractivity contribution in [1.29, 1.82) is 0 Å². The average Bonchev–Trinajstić information content (AvgIpc) is 2.31. The molecule has 2 rings (SSSR count). The Labute approximate surface area is 91.9 Å². The Balaban J connectivity index is 2.13. The molecule has 3 N–H and O–H groups in total. The van der Waals surface area contributed by atoms with E-state index < -0.39 is 0 Å².